The third-order valence-electron chi connectivity index (χ3n) is 5.29. The van der Waals surface area contributed by atoms with Crippen molar-refractivity contribution in [1.82, 2.24) is 4.90 Å². The van der Waals surface area contributed by atoms with Crippen LogP contribution >= 0.6 is 11.3 Å². The van der Waals surface area contributed by atoms with Gasteiger partial charge in [0, 0.05) is 4.88 Å². The van der Waals surface area contributed by atoms with Crippen LogP contribution in [0.2, 0.25) is 0 Å². The summed E-state index contributed by atoms with van der Waals surface area (Å²) in [6, 6.07) is 13.1. The highest BCUT2D eigenvalue weighted by Crippen LogP contribution is 2.42. The van der Waals surface area contributed by atoms with Gasteiger partial charge in [0.15, 0.2) is 0 Å². The molecule has 1 aromatic heterocycles. The average molecular weight is 453 g/mol. The number of aliphatic hydroxyl groups excluding tert-OH is 1. The van der Waals surface area contributed by atoms with Gasteiger partial charge in [-0.3, -0.25) is 9.59 Å². The van der Waals surface area contributed by atoms with E-state index in [9.17, 15) is 19.1 Å². The third-order valence-corrected chi connectivity index (χ3v) is 6.15. The topological polar surface area (TPSA) is 76.1 Å². The fraction of sp³-hybridized carbons (Fsp3) is 0.167. The number of thiophene rings is 1. The predicted molar refractivity (Wildman–Crippen MR) is 118 cm³/mol. The van der Waals surface area contributed by atoms with E-state index in [1.807, 2.05) is 17.5 Å². The minimum absolute atomic E-state index is 0.0929. The van der Waals surface area contributed by atoms with Crippen LogP contribution in [0.1, 0.15) is 22.0 Å². The molecule has 4 rings (SSSR count). The maximum absolute atomic E-state index is 13.6. The average Bonchev–Trinajstić information content (AvgIpc) is 3.41. The van der Waals surface area contributed by atoms with E-state index >= 15 is 0 Å². The molecule has 1 amide bonds. The maximum atomic E-state index is 13.6. The van der Waals surface area contributed by atoms with Gasteiger partial charge in [0.1, 0.15) is 23.1 Å². The highest BCUT2D eigenvalue weighted by molar-refractivity contribution is 7.09. The predicted octanol–water partition coefficient (Wildman–Crippen LogP) is 4.53. The van der Waals surface area contributed by atoms with Crippen LogP contribution in [0.25, 0.3) is 5.76 Å². The Balaban J connectivity index is 1.91. The molecule has 1 atom stereocenters. The van der Waals surface area contributed by atoms with Gasteiger partial charge >= 0.3 is 0 Å². The summed E-state index contributed by atoms with van der Waals surface area (Å²) in [5.41, 5.74) is 0.628. The number of methoxy groups -OCH3 is 2. The molecule has 1 aliphatic rings. The second-order valence-electron chi connectivity index (χ2n) is 7.12. The molecule has 1 fully saturated rings. The van der Waals surface area contributed by atoms with Crippen LogP contribution in [-0.2, 0) is 16.1 Å². The van der Waals surface area contributed by atoms with Gasteiger partial charge in [-0.15, -0.1) is 11.3 Å². The van der Waals surface area contributed by atoms with Gasteiger partial charge in [-0.2, -0.15) is 0 Å². The maximum Gasteiger partial charge on any atom is 0.295 e. The van der Waals surface area contributed by atoms with Gasteiger partial charge in [-0.05, 0) is 47.3 Å². The SMILES string of the molecule is COc1ccc(OC)c(/C(O)=C2\C(=O)C(=O)N(Cc3cccs3)C2c2ccc(F)cc2)c1. The van der Waals surface area contributed by atoms with Crippen molar-refractivity contribution in [3.8, 4) is 11.5 Å². The van der Waals surface area contributed by atoms with E-state index in [4.69, 9.17) is 9.47 Å². The van der Waals surface area contributed by atoms with Crippen molar-refractivity contribution in [2.24, 2.45) is 0 Å². The van der Waals surface area contributed by atoms with Crippen LogP contribution in [0, 0.1) is 5.82 Å². The fourth-order valence-electron chi connectivity index (χ4n) is 3.75. The minimum Gasteiger partial charge on any atom is -0.507 e. The van der Waals surface area contributed by atoms with Crippen LogP contribution < -0.4 is 9.47 Å². The molecule has 0 radical (unpaired) electrons. The molecule has 3 aromatic rings. The number of rotatable bonds is 6. The molecule has 0 aliphatic carbocycles. The molecule has 8 heteroatoms. The molecule has 0 spiro atoms. The highest BCUT2D eigenvalue weighted by atomic mass is 32.1. The Hall–Kier alpha value is -3.65. The summed E-state index contributed by atoms with van der Waals surface area (Å²) >= 11 is 1.45. The zero-order chi connectivity index (χ0) is 22.8. The molecular weight excluding hydrogens is 433 g/mol. The van der Waals surface area contributed by atoms with Crippen LogP contribution in [0.15, 0.2) is 65.6 Å². The Morgan fingerprint density at radius 2 is 1.84 bits per heavy atom. The van der Waals surface area contributed by atoms with E-state index in [2.05, 4.69) is 0 Å². The van der Waals surface area contributed by atoms with Crippen molar-refractivity contribution in [2.45, 2.75) is 12.6 Å². The number of Topliss-reactive ketones (excluding diaryl/α,β-unsaturated/α-hetero) is 1. The van der Waals surface area contributed by atoms with E-state index in [1.165, 1.54) is 60.8 Å². The number of likely N-dealkylation sites (tertiary alicyclic amines) is 1. The van der Waals surface area contributed by atoms with Crippen LogP contribution in [-0.4, -0.2) is 35.9 Å². The van der Waals surface area contributed by atoms with Gasteiger partial charge in [-0.1, -0.05) is 18.2 Å². The summed E-state index contributed by atoms with van der Waals surface area (Å²) in [6.07, 6.45) is 0. The van der Waals surface area contributed by atoms with Crippen molar-refractivity contribution in [2.75, 3.05) is 14.2 Å². The Morgan fingerprint density at radius 1 is 1.09 bits per heavy atom. The number of nitrogens with zero attached hydrogens (tertiary/aromatic N) is 1. The lowest BCUT2D eigenvalue weighted by atomic mass is 9.95. The van der Waals surface area contributed by atoms with Crippen molar-refractivity contribution in [3.05, 3.63) is 87.4 Å². The lowest BCUT2D eigenvalue weighted by Gasteiger charge is -2.25. The van der Waals surface area contributed by atoms with Crippen molar-refractivity contribution < 1.29 is 28.6 Å². The van der Waals surface area contributed by atoms with E-state index in [0.717, 1.165) is 4.88 Å². The number of ketones is 1. The summed E-state index contributed by atoms with van der Waals surface area (Å²) in [5, 5.41) is 13.1. The number of hydrogen-bond donors (Lipinski definition) is 1. The fourth-order valence-corrected chi connectivity index (χ4v) is 4.45. The molecule has 0 saturated carbocycles. The molecular formula is C24H20FNO5S. The second kappa shape index (κ2) is 8.84. The summed E-state index contributed by atoms with van der Waals surface area (Å²) < 4.78 is 24.2. The number of hydrogen-bond acceptors (Lipinski definition) is 6. The monoisotopic (exact) mass is 453 g/mol. The Bertz CT molecular complexity index is 1190. The molecule has 2 aromatic carbocycles. The number of benzene rings is 2. The molecule has 6 nitrogen and oxygen atoms in total. The van der Waals surface area contributed by atoms with E-state index in [-0.39, 0.29) is 23.4 Å². The summed E-state index contributed by atoms with van der Waals surface area (Å²) in [5.74, 6) is -1.64. The van der Waals surface area contributed by atoms with Gasteiger partial charge in [0.05, 0.1) is 37.9 Å². The number of aliphatic hydroxyl groups is 1. The van der Waals surface area contributed by atoms with Gasteiger partial charge in [0.25, 0.3) is 11.7 Å². The quantitative estimate of drug-likeness (QED) is 0.337. The van der Waals surface area contributed by atoms with Crippen LogP contribution in [0.3, 0.4) is 0 Å². The van der Waals surface area contributed by atoms with Crippen molar-refractivity contribution >= 4 is 28.8 Å². The first kappa shape index (κ1) is 21.6. The first-order chi connectivity index (χ1) is 15.4. The molecule has 1 unspecified atom stereocenters. The van der Waals surface area contributed by atoms with Gasteiger partial charge in [-0.25, -0.2) is 4.39 Å². The minimum atomic E-state index is -0.895. The number of carbonyl (C=O) groups excluding carboxylic acids is 2. The lowest BCUT2D eigenvalue weighted by molar-refractivity contribution is -0.140. The number of ether oxygens (including phenoxy) is 2. The Labute approximate surface area is 188 Å². The molecule has 32 heavy (non-hydrogen) atoms. The standard InChI is InChI=1S/C24H20FNO5S/c1-30-16-9-10-19(31-2)18(12-16)22(27)20-21(14-5-7-15(25)8-6-14)26(24(29)23(20)28)13-17-4-3-11-32-17/h3-12,21,27H,13H2,1-2H3/b22-20+. The van der Waals surface area contributed by atoms with E-state index in [1.54, 1.807) is 12.1 Å². The lowest BCUT2D eigenvalue weighted by Crippen LogP contribution is -2.28. The number of carbonyl (C=O) groups is 2. The Kier molecular flexibility index (Phi) is 5.96. The van der Waals surface area contributed by atoms with Crippen molar-refractivity contribution in [1.29, 1.82) is 0 Å². The van der Waals surface area contributed by atoms with E-state index < -0.39 is 23.5 Å². The highest BCUT2D eigenvalue weighted by Gasteiger charge is 2.46. The largest absolute Gasteiger partial charge is 0.507 e. The van der Waals surface area contributed by atoms with Gasteiger partial charge in [0.2, 0.25) is 0 Å². The molecule has 1 aliphatic heterocycles. The summed E-state index contributed by atoms with van der Waals surface area (Å²) in [7, 11) is 2.91. The van der Waals surface area contributed by atoms with E-state index in [0.29, 0.717) is 17.1 Å². The molecule has 1 saturated heterocycles. The third kappa shape index (κ3) is 3.85. The van der Waals surface area contributed by atoms with Crippen molar-refractivity contribution in [3.63, 3.8) is 0 Å². The normalized spacial score (nSPS) is 17.6. The first-order valence-electron chi connectivity index (χ1n) is 9.73. The molecule has 1 N–H and O–H groups in total. The smallest absolute Gasteiger partial charge is 0.295 e. The second-order valence-corrected chi connectivity index (χ2v) is 8.16. The molecule has 0 bridgehead atoms. The Morgan fingerprint density at radius 3 is 2.47 bits per heavy atom. The summed E-state index contributed by atoms with van der Waals surface area (Å²) in [6.45, 7) is 0.177. The number of amides is 1. The summed E-state index contributed by atoms with van der Waals surface area (Å²) in [4.78, 5) is 28.4. The van der Waals surface area contributed by atoms with Gasteiger partial charge < -0.3 is 19.5 Å². The van der Waals surface area contributed by atoms with Crippen LogP contribution in [0.4, 0.5) is 4.39 Å². The molecule has 164 valence electrons. The number of halogens is 1. The first-order valence-corrected chi connectivity index (χ1v) is 10.6. The zero-order valence-corrected chi connectivity index (χ0v) is 18.2. The van der Waals surface area contributed by atoms with Crippen LogP contribution in [0.5, 0.6) is 11.5 Å². The molecule has 2 heterocycles. The zero-order valence-electron chi connectivity index (χ0n) is 17.4.